The fourth-order valence-corrected chi connectivity index (χ4v) is 1.20. The van der Waals surface area contributed by atoms with Crippen molar-refractivity contribution in [1.82, 2.24) is 0 Å². The van der Waals surface area contributed by atoms with Gasteiger partial charge in [0.2, 0.25) is 0 Å². The molecule has 0 saturated carbocycles. The zero-order valence-electron chi connectivity index (χ0n) is 13.8. The summed E-state index contributed by atoms with van der Waals surface area (Å²) in [5.74, 6) is -1.86. The van der Waals surface area contributed by atoms with Gasteiger partial charge in [0, 0.05) is 31.3 Å². The molecule has 0 aliphatic carbocycles. The molecule has 1 aromatic carbocycles. The molecule has 0 unspecified atom stereocenters. The Morgan fingerprint density at radius 3 is 1.75 bits per heavy atom. The van der Waals surface area contributed by atoms with Crippen molar-refractivity contribution < 1.29 is 35.1 Å². The van der Waals surface area contributed by atoms with Crippen LogP contribution in [0.25, 0.3) is 0 Å². The average molecular weight is 342 g/mol. The first-order valence-corrected chi connectivity index (χ1v) is 7.29. The van der Waals surface area contributed by atoms with Crippen LogP contribution in [0, 0.1) is 5.92 Å². The molecule has 24 heavy (non-hydrogen) atoms. The lowest BCUT2D eigenvalue weighted by Gasteiger charge is -2.07. The molecule has 7 heteroatoms. The molecule has 0 aromatic heterocycles. The SMILES string of the molecule is C=C(C)C(=O)O.O=C(O)c1ccccc1.OCCCC(CO)CO. The van der Waals surface area contributed by atoms with Crippen LogP contribution in [-0.2, 0) is 4.79 Å². The first-order chi connectivity index (χ1) is 11.3. The smallest absolute Gasteiger partial charge is 0.335 e. The largest absolute Gasteiger partial charge is 0.478 e. The first-order valence-electron chi connectivity index (χ1n) is 7.29. The normalized spacial score (nSPS) is 9.21. The molecule has 0 aliphatic heterocycles. The molecule has 0 heterocycles. The van der Waals surface area contributed by atoms with Crippen molar-refractivity contribution in [2.24, 2.45) is 5.92 Å². The third-order valence-corrected chi connectivity index (χ3v) is 2.67. The van der Waals surface area contributed by atoms with E-state index in [9.17, 15) is 9.59 Å². The van der Waals surface area contributed by atoms with E-state index >= 15 is 0 Å². The van der Waals surface area contributed by atoms with Gasteiger partial charge in [-0.2, -0.15) is 0 Å². The number of hydrogen-bond donors (Lipinski definition) is 5. The minimum atomic E-state index is -0.935. The summed E-state index contributed by atoms with van der Waals surface area (Å²) < 4.78 is 0. The Morgan fingerprint density at radius 2 is 1.50 bits per heavy atom. The fraction of sp³-hybridized carbons (Fsp3) is 0.412. The van der Waals surface area contributed by atoms with Gasteiger partial charge in [0.1, 0.15) is 0 Å². The van der Waals surface area contributed by atoms with Gasteiger partial charge in [-0.3, -0.25) is 0 Å². The highest BCUT2D eigenvalue weighted by Crippen LogP contribution is 2.02. The maximum Gasteiger partial charge on any atom is 0.335 e. The third-order valence-electron chi connectivity index (χ3n) is 2.67. The van der Waals surface area contributed by atoms with Crippen LogP contribution in [0.2, 0.25) is 0 Å². The third kappa shape index (κ3) is 14.7. The summed E-state index contributed by atoms with van der Waals surface area (Å²) in [7, 11) is 0. The molecular formula is C17H26O7. The van der Waals surface area contributed by atoms with Gasteiger partial charge in [-0.25, -0.2) is 9.59 Å². The van der Waals surface area contributed by atoms with E-state index in [0.717, 1.165) is 0 Å². The lowest BCUT2D eigenvalue weighted by atomic mass is 10.1. The maximum atomic E-state index is 10.2. The molecule has 5 N–H and O–H groups in total. The first kappa shape index (κ1) is 24.0. The van der Waals surface area contributed by atoms with Crippen molar-refractivity contribution in [3.8, 4) is 0 Å². The zero-order valence-corrected chi connectivity index (χ0v) is 13.8. The van der Waals surface area contributed by atoms with E-state index < -0.39 is 11.9 Å². The van der Waals surface area contributed by atoms with Crippen LogP contribution in [0.3, 0.4) is 0 Å². The van der Waals surface area contributed by atoms with Crippen LogP contribution in [0.1, 0.15) is 30.1 Å². The molecule has 1 rings (SSSR count). The fourth-order valence-electron chi connectivity index (χ4n) is 1.20. The van der Waals surface area contributed by atoms with Crippen LogP contribution in [-0.4, -0.2) is 57.3 Å². The second kappa shape index (κ2) is 15.7. The van der Waals surface area contributed by atoms with Crippen molar-refractivity contribution in [1.29, 1.82) is 0 Å². The van der Waals surface area contributed by atoms with Gasteiger partial charge in [0.05, 0.1) is 5.56 Å². The van der Waals surface area contributed by atoms with E-state index in [1.54, 1.807) is 30.3 Å². The molecule has 1 aromatic rings. The quantitative estimate of drug-likeness (QED) is 0.472. The number of aliphatic hydroxyl groups excluding tert-OH is 3. The van der Waals surface area contributed by atoms with Gasteiger partial charge in [-0.05, 0) is 31.9 Å². The number of hydrogen-bond acceptors (Lipinski definition) is 5. The number of rotatable bonds is 7. The van der Waals surface area contributed by atoms with Crippen LogP contribution >= 0.6 is 0 Å². The van der Waals surface area contributed by atoms with Crippen molar-refractivity contribution in [2.45, 2.75) is 19.8 Å². The molecule has 0 aliphatic rings. The molecular weight excluding hydrogens is 316 g/mol. The minimum Gasteiger partial charge on any atom is -0.478 e. The number of carboxylic acids is 2. The summed E-state index contributed by atoms with van der Waals surface area (Å²) in [6, 6.07) is 8.30. The highest BCUT2D eigenvalue weighted by Gasteiger charge is 2.03. The summed E-state index contributed by atoms with van der Waals surface area (Å²) in [6.45, 7) is 4.76. The van der Waals surface area contributed by atoms with Gasteiger partial charge in [0.15, 0.2) is 0 Å². The molecule has 0 radical (unpaired) electrons. The predicted molar refractivity (Wildman–Crippen MR) is 89.8 cm³/mol. The van der Waals surface area contributed by atoms with Gasteiger partial charge in [-0.15, -0.1) is 0 Å². The Morgan fingerprint density at radius 1 is 1.04 bits per heavy atom. The van der Waals surface area contributed by atoms with Gasteiger partial charge in [0.25, 0.3) is 0 Å². The monoisotopic (exact) mass is 342 g/mol. The molecule has 7 nitrogen and oxygen atoms in total. The predicted octanol–water partition coefficient (Wildman–Crippen LogP) is 1.39. The van der Waals surface area contributed by atoms with E-state index in [0.29, 0.717) is 18.4 Å². The lowest BCUT2D eigenvalue weighted by molar-refractivity contribution is -0.132. The summed E-state index contributed by atoms with van der Waals surface area (Å²) in [4.78, 5) is 19.8. The molecule has 0 spiro atoms. The van der Waals surface area contributed by atoms with E-state index in [2.05, 4.69) is 6.58 Å². The van der Waals surface area contributed by atoms with E-state index in [-0.39, 0.29) is 31.3 Å². The number of benzene rings is 1. The van der Waals surface area contributed by atoms with E-state index in [4.69, 9.17) is 25.5 Å². The molecule has 136 valence electrons. The Kier molecular flexibility index (Phi) is 15.7. The van der Waals surface area contributed by atoms with Crippen molar-refractivity contribution in [3.63, 3.8) is 0 Å². The van der Waals surface area contributed by atoms with Crippen LogP contribution in [0.4, 0.5) is 0 Å². The molecule has 0 saturated heterocycles. The molecule has 0 atom stereocenters. The number of carbonyl (C=O) groups is 2. The minimum absolute atomic E-state index is 0.0104. The second-order valence-electron chi connectivity index (χ2n) is 4.85. The van der Waals surface area contributed by atoms with Gasteiger partial charge >= 0.3 is 11.9 Å². The molecule has 0 fully saturated rings. The standard InChI is InChI=1S/C7H6O2.C6H14O3.C4H6O2/c8-7(9)6-4-2-1-3-5-6;7-3-1-2-6(4-8)5-9;1-3(2)4(5)6/h1-5H,(H,8,9);6-9H,1-5H2;1H2,2H3,(H,5,6). The maximum absolute atomic E-state index is 10.2. The summed E-state index contributed by atoms with van der Waals surface area (Å²) in [6.07, 6.45) is 1.36. The van der Waals surface area contributed by atoms with Crippen molar-refractivity contribution in [2.75, 3.05) is 19.8 Å². The number of aliphatic carboxylic acids is 1. The van der Waals surface area contributed by atoms with Crippen LogP contribution < -0.4 is 0 Å². The number of aromatic carboxylic acids is 1. The van der Waals surface area contributed by atoms with Crippen LogP contribution in [0.15, 0.2) is 42.5 Å². The summed E-state index contributed by atoms with van der Waals surface area (Å²) >= 11 is 0. The number of aliphatic hydroxyl groups is 3. The van der Waals surface area contributed by atoms with Crippen molar-refractivity contribution >= 4 is 11.9 Å². The molecule has 0 bridgehead atoms. The lowest BCUT2D eigenvalue weighted by Crippen LogP contribution is -2.11. The van der Waals surface area contributed by atoms with Crippen LogP contribution in [0.5, 0.6) is 0 Å². The topological polar surface area (TPSA) is 135 Å². The highest BCUT2D eigenvalue weighted by atomic mass is 16.4. The van der Waals surface area contributed by atoms with Crippen molar-refractivity contribution in [3.05, 3.63) is 48.0 Å². The Labute approximate surface area is 141 Å². The summed E-state index contributed by atoms with van der Waals surface area (Å²) in [5, 5.41) is 41.6. The zero-order chi connectivity index (χ0) is 19.0. The van der Waals surface area contributed by atoms with E-state index in [1.165, 1.54) is 6.92 Å². The average Bonchev–Trinajstić information content (AvgIpc) is 2.57. The second-order valence-corrected chi connectivity index (χ2v) is 4.85. The Bertz CT molecular complexity index is 455. The summed E-state index contributed by atoms with van der Waals surface area (Å²) in [5.41, 5.74) is 0.507. The number of carboxylic acid groups (broad SMARTS) is 2. The Hall–Kier alpha value is -2.22. The molecule has 0 amide bonds. The Balaban J connectivity index is 0. The van der Waals surface area contributed by atoms with E-state index in [1.807, 2.05) is 0 Å². The highest BCUT2D eigenvalue weighted by molar-refractivity contribution is 5.87. The van der Waals surface area contributed by atoms with Gasteiger partial charge < -0.3 is 25.5 Å². The van der Waals surface area contributed by atoms with Gasteiger partial charge in [-0.1, -0.05) is 24.8 Å².